The molecule has 10 heteroatoms. The van der Waals surface area contributed by atoms with Gasteiger partial charge in [-0.25, -0.2) is 4.98 Å². The van der Waals surface area contributed by atoms with Gasteiger partial charge in [0, 0.05) is 26.6 Å². The minimum absolute atomic E-state index is 0.0795. The number of anilines is 2. The first-order valence-electron chi connectivity index (χ1n) is 6.52. The highest BCUT2D eigenvalue weighted by atomic mass is 16.1. The standard InChI is InChI=1S/C11H17N9O/c1-3-13-9-17-10(15-5-4-14-8(2)21)19-11(18-9)20-7-12-6-16-20/h6-7H,3-5H2,1-2H3,(H,14,21)(H2,13,15,17,18,19). The normalized spacial score (nSPS) is 10.2. The molecule has 21 heavy (non-hydrogen) atoms. The SMILES string of the molecule is CCNc1nc(NCCNC(C)=O)nc(-n2cncn2)n1. The van der Waals surface area contributed by atoms with Crippen molar-refractivity contribution in [2.45, 2.75) is 13.8 Å². The topological polar surface area (TPSA) is 123 Å². The predicted molar refractivity (Wildman–Crippen MR) is 76.1 cm³/mol. The zero-order valence-corrected chi connectivity index (χ0v) is 11.9. The summed E-state index contributed by atoms with van der Waals surface area (Å²) in [6.45, 7) is 5.09. The zero-order chi connectivity index (χ0) is 15.1. The number of rotatable bonds is 7. The van der Waals surface area contributed by atoms with Gasteiger partial charge >= 0.3 is 0 Å². The molecule has 3 N–H and O–H groups in total. The van der Waals surface area contributed by atoms with Crippen LogP contribution in [0, 0.1) is 0 Å². The maximum absolute atomic E-state index is 10.8. The van der Waals surface area contributed by atoms with E-state index < -0.39 is 0 Å². The van der Waals surface area contributed by atoms with Crippen molar-refractivity contribution < 1.29 is 4.79 Å². The average Bonchev–Trinajstić information content (AvgIpc) is 2.98. The number of nitrogens with one attached hydrogen (secondary N) is 3. The molecule has 0 aliphatic carbocycles. The zero-order valence-electron chi connectivity index (χ0n) is 11.9. The van der Waals surface area contributed by atoms with Crippen LogP contribution in [0.25, 0.3) is 5.95 Å². The molecule has 2 aromatic rings. The number of nitrogens with zero attached hydrogens (tertiary/aromatic N) is 6. The molecule has 0 bridgehead atoms. The van der Waals surface area contributed by atoms with Crippen molar-refractivity contribution in [1.82, 2.24) is 35.0 Å². The summed E-state index contributed by atoms with van der Waals surface area (Å²) in [7, 11) is 0. The van der Waals surface area contributed by atoms with E-state index in [0.29, 0.717) is 37.5 Å². The fourth-order valence-electron chi connectivity index (χ4n) is 1.51. The van der Waals surface area contributed by atoms with E-state index in [0.717, 1.165) is 0 Å². The van der Waals surface area contributed by atoms with Gasteiger partial charge in [-0.15, -0.1) is 0 Å². The molecule has 0 aromatic carbocycles. The molecule has 2 aromatic heterocycles. The number of hydrogen-bond donors (Lipinski definition) is 3. The summed E-state index contributed by atoms with van der Waals surface area (Å²) >= 11 is 0. The van der Waals surface area contributed by atoms with Gasteiger partial charge in [0.05, 0.1) is 0 Å². The van der Waals surface area contributed by atoms with Crippen LogP contribution in [0.1, 0.15) is 13.8 Å². The number of hydrogen-bond acceptors (Lipinski definition) is 8. The molecular weight excluding hydrogens is 274 g/mol. The number of aromatic nitrogens is 6. The van der Waals surface area contributed by atoms with Crippen LogP contribution >= 0.6 is 0 Å². The van der Waals surface area contributed by atoms with Gasteiger partial charge in [0.1, 0.15) is 12.7 Å². The van der Waals surface area contributed by atoms with Gasteiger partial charge in [-0.3, -0.25) is 4.79 Å². The van der Waals surface area contributed by atoms with E-state index >= 15 is 0 Å². The van der Waals surface area contributed by atoms with Crippen molar-refractivity contribution >= 4 is 17.8 Å². The van der Waals surface area contributed by atoms with E-state index in [9.17, 15) is 4.79 Å². The Bertz CT molecular complexity index is 583. The average molecular weight is 291 g/mol. The van der Waals surface area contributed by atoms with E-state index in [1.807, 2.05) is 6.92 Å². The Labute approximate surface area is 121 Å². The van der Waals surface area contributed by atoms with Gasteiger partial charge in [0.15, 0.2) is 0 Å². The summed E-state index contributed by atoms with van der Waals surface area (Å²) in [5, 5.41) is 12.7. The van der Waals surface area contributed by atoms with Crippen LogP contribution < -0.4 is 16.0 Å². The van der Waals surface area contributed by atoms with Gasteiger partial charge in [-0.1, -0.05) is 0 Å². The molecule has 0 aliphatic rings. The first-order valence-corrected chi connectivity index (χ1v) is 6.52. The van der Waals surface area contributed by atoms with Crippen LogP contribution in [-0.2, 0) is 4.79 Å². The maximum Gasteiger partial charge on any atom is 0.258 e. The van der Waals surface area contributed by atoms with Gasteiger partial charge in [0.25, 0.3) is 5.95 Å². The lowest BCUT2D eigenvalue weighted by Gasteiger charge is -2.09. The summed E-state index contributed by atoms with van der Waals surface area (Å²) in [6, 6.07) is 0. The summed E-state index contributed by atoms with van der Waals surface area (Å²) in [6.07, 6.45) is 2.91. The van der Waals surface area contributed by atoms with E-state index in [4.69, 9.17) is 0 Å². The molecular formula is C11H17N9O. The van der Waals surface area contributed by atoms with Crippen LogP contribution in [-0.4, -0.2) is 55.3 Å². The predicted octanol–water partition coefficient (Wildman–Crippen LogP) is -0.568. The van der Waals surface area contributed by atoms with Crippen molar-refractivity contribution in [3.8, 4) is 5.95 Å². The van der Waals surface area contributed by atoms with E-state index in [2.05, 4.69) is 41.0 Å². The lowest BCUT2D eigenvalue weighted by atomic mass is 10.5. The Morgan fingerprint density at radius 3 is 2.57 bits per heavy atom. The fraction of sp³-hybridized carbons (Fsp3) is 0.455. The molecule has 0 atom stereocenters. The Hall–Kier alpha value is -2.78. The van der Waals surface area contributed by atoms with Gasteiger partial charge in [-0.05, 0) is 6.92 Å². The molecule has 2 heterocycles. The third kappa shape index (κ3) is 4.37. The molecule has 0 spiro atoms. The summed E-state index contributed by atoms with van der Waals surface area (Å²) in [5.41, 5.74) is 0. The summed E-state index contributed by atoms with van der Waals surface area (Å²) in [4.78, 5) is 27.4. The van der Waals surface area contributed by atoms with Gasteiger partial charge in [-0.2, -0.15) is 24.7 Å². The van der Waals surface area contributed by atoms with Crippen molar-refractivity contribution in [3.05, 3.63) is 12.7 Å². The minimum Gasteiger partial charge on any atom is -0.355 e. The molecule has 112 valence electrons. The second-order valence-corrected chi connectivity index (χ2v) is 4.06. The van der Waals surface area contributed by atoms with Gasteiger partial charge < -0.3 is 16.0 Å². The molecule has 0 unspecified atom stereocenters. The molecule has 1 amide bonds. The van der Waals surface area contributed by atoms with Crippen LogP contribution in [0.5, 0.6) is 0 Å². The quantitative estimate of drug-likeness (QED) is 0.580. The first kappa shape index (κ1) is 14.6. The van der Waals surface area contributed by atoms with Crippen molar-refractivity contribution in [3.63, 3.8) is 0 Å². The van der Waals surface area contributed by atoms with Crippen LogP contribution in [0.4, 0.5) is 11.9 Å². The van der Waals surface area contributed by atoms with Crippen LogP contribution in [0.3, 0.4) is 0 Å². The van der Waals surface area contributed by atoms with E-state index in [-0.39, 0.29) is 5.91 Å². The highest BCUT2D eigenvalue weighted by molar-refractivity contribution is 5.72. The van der Waals surface area contributed by atoms with Crippen molar-refractivity contribution in [2.24, 2.45) is 0 Å². The van der Waals surface area contributed by atoms with Crippen LogP contribution in [0.15, 0.2) is 12.7 Å². The Morgan fingerprint density at radius 1 is 1.19 bits per heavy atom. The minimum atomic E-state index is -0.0795. The maximum atomic E-state index is 10.8. The molecule has 0 fully saturated rings. The van der Waals surface area contributed by atoms with E-state index in [1.165, 1.54) is 24.3 Å². The highest BCUT2D eigenvalue weighted by Gasteiger charge is 2.08. The Morgan fingerprint density at radius 2 is 1.95 bits per heavy atom. The molecule has 0 aliphatic heterocycles. The van der Waals surface area contributed by atoms with Crippen LogP contribution in [0.2, 0.25) is 0 Å². The lowest BCUT2D eigenvalue weighted by molar-refractivity contribution is -0.118. The fourth-order valence-corrected chi connectivity index (χ4v) is 1.51. The molecule has 0 radical (unpaired) electrons. The molecule has 10 nitrogen and oxygen atoms in total. The smallest absolute Gasteiger partial charge is 0.258 e. The number of carbonyl (C=O) groups excluding carboxylic acids is 1. The summed E-state index contributed by atoms with van der Waals surface area (Å²) in [5.74, 6) is 1.13. The highest BCUT2D eigenvalue weighted by Crippen LogP contribution is 2.07. The third-order valence-corrected chi connectivity index (χ3v) is 2.36. The van der Waals surface area contributed by atoms with E-state index in [1.54, 1.807) is 0 Å². The second-order valence-electron chi connectivity index (χ2n) is 4.06. The number of amides is 1. The van der Waals surface area contributed by atoms with Crippen molar-refractivity contribution in [1.29, 1.82) is 0 Å². The number of carbonyl (C=O) groups is 1. The monoisotopic (exact) mass is 291 g/mol. The second kappa shape index (κ2) is 7.12. The molecule has 0 saturated heterocycles. The lowest BCUT2D eigenvalue weighted by Crippen LogP contribution is -2.27. The Balaban J connectivity index is 2.10. The molecule has 0 saturated carbocycles. The third-order valence-electron chi connectivity index (χ3n) is 2.36. The Kier molecular flexibility index (Phi) is 4.96. The van der Waals surface area contributed by atoms with Gasteiger partial charge in [0.2, 0.25) is 17.8 Å². The first-order chi connectivity index (χ1) is 10.2. The summed E-state index contributed by atoms with van der Waals surface area (Å²) < 4.78 is 1.45. The largest absolute Gasteiger partial charge is 0.355 e. The molecule has 2 rings (SSSR count). The van der Waals surface area contributed by atoms with Crippen molar-refractivity contribution in [2.75, 3.05) is 30.3 Å².